The summed E-state index contributed by atoms with van der Waals surface area (Å²) in [5.74, 6) is 0.749. The molecule has 0 aromatic rings. The van der Waals surface area contributed by atoms with Gasteiger partial charge in [-0.25, -0.2) is 4.99 Å². The lowest BCUT2D eigenvalue weighted by Crippen LogP contribution is -2.28. The summed E-state index contributed by atoms with van der Waals surface area (Å²) in [5.41, 5.74) is -0.463. The maximum Gasteiger partial charge on any atom is 0.189 e. The van der Waals surface area contributed by atoms with Gasteiger partial charge in [0, 0.05) is 5.41 Å². The third kappa shape index (κ3) is 1.78. The fourth-order valence-electron chi connectivity index (χ4n) is 0.999. The van der Waals surface area contributed by atoms with Crippen molar-refractivity contribution in [1.82, 2.24) is 0 Å². The van der Waals surface area contributed by atoms with Crippen LogP contribution in [0.3, 0.4) is 0 Å². The molecule has 1 aliphatic rings. The van der Waals surface area contributed by atoms with Crippen molar-refractivity contribution < 1.29 is 9.84 Å². The standard InChI is InChI=1S/C9H17NO2/c1-8(2,3)7-10-9(4,5-11)6-12-7/h11H,5-6H2,1-4H3. The number of rotatable bonds is 1. The van der Waals surface area contributed by atoms with Gasteiger partial charge >= 0.3 is 0 Å². The second-order valence-corrected chi connectivity index (χ2v) is 4.61. The van der Waals surface area contributed by atoms with Gasteiger partial charge in [0.2, 0.25) is 0 Å². The van der Waals surface area contributed by atoms with Crippen molar-refractivity contribution >= 4 is 5.90 Å². The molecule has 0 fully saturated rings. The molecule has 0 saturated carbocycles. The molecular formula is C9H17NO2. The van der Waals surface area contributed by atoms with Crippen molar-refractivity contribution in [2.24, 2.45) is 10.4 Å². The van der Waals surface area contributed by atoms with E-state index in [2.05, 4.69) is 25.8 Å². The molecule has 0 aromatic heterocycles. The van der Waals surface area contributed by atoms with Crippen molar-refractivity contribution in [2.45, 2.75) is 33.2 Å². The summed E-state index contributed by atoms with van der Waals surface area (Å²) < 4.78 is 5.41. The fraction of sp³-hybridized carbons (Fsp3) is 0.889. The highest BCUT2D eigenvalue weighted by molar-refractivity contribution is 5.83. The summed E-state index contributed by atoms with van der Waals surface area (Å²) in [4.78, 5) is 4.35. The largest absolute Gasteiger partial charge is 0.478 e. The number of hydrogen-bond acceptors (Lipinski definition) is 3. The van der Waals surface area contributed by atoms with E-state index in [1.54, 1.807) is 0 Å². The molecule has 0 amide bonds. The first kappa shape index (κ1) is 9.52. The van der Waals surface area contributed by atoms with E-state index in [1.165, 1.54) is 0 Å². The van der Waals surface area contributed by atoms with Crippen LogP contribution in [0.4, 0.5) is 0 Å². The van der Waals surface area contributed by atoms with Gasteiger partial charge in [0.1, 0.15) is 12.1 Å². The molecule has 0 saturated heterocycles. The van der Waals surface area contributed by atoms with E-state index in [1.807, 2.05) is 6.92 Å². The number of nitrogens with zero attached hydrogens (tertiary/aromatic N) is 1. The summed E-state index contributed by atoms with van der Waals surface area (Å²) in [7, 11) is 0. The molecular weight excluding hydrogens is 154 g/mol. The van der Waals surface area contributed by atoms with E-state index in [-0.39, 0.29) is 12.0 Å². The van der Waals surface area contributed by atoms with E-state index >= 15 is 0 Å². The SMILES string of the molecule is CC1(CO)COC(C(C)(C)C)=N1. The van der Waals surface area contributed by atoms with Gasteiger partial charge in [0.25, 0.3) is 0 Å². The molecule has 3 heteroatoms. The quantitative estimate of drug-likeness (QED) is 0.644. The molecule has 0 aromatic carbocycles. The van der Waals surface area contributed by atoms with Gasteiger partial charge in [0.15, 0.2) is 5.90 Å². The van der Waals surface area contributed by atoms with Crippen LogP contribution in [0, 0.1) is 5.41 Å². The molecule has 1 heterocycles. The van der Waals surface area contributed by atoms with Crippen molar-refractivity contribution in [1.29, 1.82) is 0 Å². The van der Waals surface area contributed by atoms with Crippen molar-refractivity contribution in [2.75, 3.05) is 13.2 Å². The third-order valence-corrected chi connectivity index (χ3v) is 1.87. The third-order valence-electron chi connectivity index (χ3n) is 1.87. The first-order valence-corrected chi connectivity index (χ1v) is 4.21. The number of aliphatic hydroxyl groups is 1. The van der Waals surface area contributed by atoms with Crippen molar-refractivity contribution in [3.8, 4) is 0 Å². The molecule has 12 heavy (non-hydrogen) atoms. The Morgan fingerprint density at radius 2 is 2.17 bits per heavy atom. The Morgan fingerprint density at radius 3 is 2.42 bits per heavy atom. The maximum atomic E-state index is 9.02. The van der Waals surface area contributed by atoms with Gasteiger partial charge in [-0.05, 0) is 6.92 Å². The van der Waals surface area contributed by atoms with Crippen LogP contribution in [0.5, 0.6) is 0 Å². The average molecular weight is 171 g/mol. The second-order valence-electron chi connectivity index (χ2n) is 4.61. The van der Waals surface area contributed by atoms with Crippen LogP contribution in [0.15, 0.2) is 4.99 Å². The smallest absolute Gasteiger partial charge is 0.189 e. The van der Waals surface area contributed by atoms with Crippen LogP contribution in [0.25, 0.3) is 0 Å². The van der Waals surface area contributed by atoms with Gasteiger partial charge in [-0.3, -0.25) is 0 Å². The highest BCUT2D eigenvalue weighted by Crippen LogP contribution is 2.26. The Bertz CT molecular complexity index is 205. The highest BCUT2D eigenvalue weighted by Gasteiger charge is 2.35. The lowest BCUT2D eigenvalue weighted by molar-refractivity contribution is 0.165. The summed E-state index contributed by atoms with van der Waals surface area (Å²) >= 11 is 0. The van der Waals surface area contributed by atoms with Gasteiger partial charge in [-0.1, -0.05) is 20.8 Å². The first-order valence-electron chi connectivity index (χ1n) is 4.21. The normalized spacial score (nSPS) is 29.9. The molecule has 3 nitrogen and oxygen atoms in total. The monoisotopic (exact) mass is 171 g/mol. The topological polar surface area (TPSA) is 41.8 Å². The van der Waals surface area contributed by atoms with E-state index in [0.29, 0.717) is 6.61 Å². The minimum absolute atomic E-state index is 0.0482. The lowest BCUT2D eigenvalue weighted by Gasteiger charge is -2.16. The second kappa shape index (κ2) is 2.73. The Kier molecular flexibility index (Phi) is 2.17. The van der Waals surface area contributed by atoms with Crippen LogP contribution < -0.4 is 0 Å². The summed E-state index contributed by atoms with van der Waals surface area (Å²) in [6, 6.07) is 0. The molecule has 0 radical (unpaired) electrons. The van der Waals surface area contributed by atoms with Gasteiger partial charge in [0.05, 0.1) is 6.61 Å². The van der Waals surface area contributed by atoms with Crippen LogP contribution in [-0.4, -0.2) is 29.8 Å². The Balaban J connectivity index is 2.79. The van der Waals surface area contributed by atoms with Crippen molar-refractivity contribution in [3.05, 3.63) is 0 Å². The van der Waals surface area contributed by atoms with E-state index < -0.39 is 5.54 Å². The fourth-order valence-corrected chi connectivity index (χ4v) is 0.999. The molecule has 0 bridgehead atoms. The first-order chi connectivity index (χ1) is 5.37. The molecule has 1 atom stereocenters. The Hall–Kier alpha value is -0.570. The van der Waals surface area contributed by atoms with Gasteiger partial charge < -0.3 is 9.84 Å². The van der Waals surface area contributed by atoms with Crippen LogP contribution >= 0.6 is 0 Å². The number of aliphatic hydroxyl groups excluding tert-OH is 1. The van der Waals surface area contributed by atoms with Crippen LogP contribution in [0.1, 0.15) is 27.7 Å². The summed E-state index contributed by atoms with van der Waals surface area (Å²) in [6.45, 7) is 8.59. The zero-order valence-corrected chi connectivity index (χ0v) is 8.22. The molecule has 70 valence electrons. The van der Waals surface area contributed by atoms with Gasteiger partial charge in [-0.2, -0.15) is 0 Å². The zero-order valence-electron chi connectivity index (χ0n) is 8.22. The lowest BCUT2D eigenvalue weighted by atomic mass is 9.96. The van der Waals surface area contributed by atoms with Crippen LogP contribution in [-0.2, 0) is 4.74 Å². The number of ether oxygens (including phenoxy) is 1. The molecule has 1 N–H and O–H groups in total. The van der Waals surface area contributed by atoms with E-state index in [4.69, 9.17) is 9.84 Å². The molecule has 1 rings (SSSR count). The van der Waals surface area contributed by atoms with Gasteiger partial charge in [-0.15, -0.1) is 0 Å². The summed E-state index contributed by atoms with van der Waals surface area (Å²) in [5, 5.41) is 9.02. The molecule has 1 aliphatic heterocycles. The number of hydrogen-bond donors (Lipinski definition) is 1. The number of aliphatic imine (C=N–C) groups is 1. The zero-order chi connectivity index (χ0) is 9.41. The average Bonchev–Trinajstić information content (AvgIpc) is 2.32. The Morgan fingerprint density at radius 1 is 1.58 bits per heavy atom. The minimum atomic E-state index is -0.414. The molecule has 1 unspecified atom stereocenters. The van der Waals surface area contributed by atoms with E-state index in [0.717, 1.165) is 5.90 Å². The predicted molar refractivity (Wildman–Crippen MR) is 48.3 cm³/mol. The van der Waals surface area contributed by atoms with Crippen LogP contribution in [0.2, 0.25) is 0 Å². The van der Waals surface area contributed by atoms with Crippen molar-refractivity contribution in [3.63, 3.8) is 0 Å². The summed E-state index contributed by atoms with van der Waals surface area (Å²) in [6.07, 6.45) is 0. The Labute approximate surface area is 73.5 Å². The molecule has 0 aliphatic carbocycles. The minimum Gasteiger partial charge on any atom is -0.478 e. The highest BCUT2D eigenvalue weighted by atomic mass is 16.5. The predicted octanol–water partition coefficient (Wildman–Crippen LogP) is 1.21. The van der Waals surface area contributed by atoms with E-state index in [9.17, 15) is 0 Å². The maximum absolute atomic E-state index is 9.02. The molecule has 0 spiro atoms.